The monoisotopic (exact) mass is 323 g/mol. The fourth-order valence-electron chi connectivity index (χ4n) is 1.61. The van der Waals surface area contributed by atoms with Gasteiger partial charge in [-0.05, 0) is 34.1 Å². The van der Waals surface area contributed by atoms with Crippen LogP contribution in [0.4, 0.5) is 17.2 Å². The number of aromatic nitrogens is 1. The summed E-state index contributed by atoms with van der Waals surface area (Å²) in [6.07, 6.45) is 1.68. The highest BCUT2D eigenvalue weighted by molar-refractivity contribution is 9.10. The summed E-state index contributed by atoms with van der Waals surface area (Å²) in [5.41, 5.74) is 7.26. The first-order chi connectivity index (χ1) is 9.13. The van der Waals surface area contributed by atoms with Crippen molar-refractivity contribution in [2.45, 2.75) is 0 Å². The summed E-state index contributed by atoms with van der Waals surface area (Å²) in [7, 11) is 3.19. The van der Waals surface area contributed by atoms with E-state index in [2.05, 4.69) is 26.2 Å². The summed E-state index contributed by atoms with van der Waals surface area (Å²) in [4.78, 5) is 4.22. The first kappa shape index (κ1) is 13.5. The Morgan fingerprint density at radius 1 is 1.16 bits per heavy atom. The fourth-order valence-corrected chi connectivity index (χ4v) is 1.96. The lowest BCUT2D eigenvalue weighted by molar-refractivity contribution is 0.355. The van der Waals surface area contributed by atoms with Crippen molar-refractivity contribution < 1.29 is 9.47 Å². The molecule has 0 saturated carbocycles. The van der Waals surface area contributed by atoms with Crippen molar-refractivity contribution in [1.82, 2.24) is 4.98 Å². The molecule has 1 aromatic carbocycles. The zero-order valence-corrected chi connectivity index (χ0v) is 12.2. The van der Waals surface area contributed by atoms with Gasteiger partial charge in [0.2, 0.25) is 0 Å². The zero-order chi connectivity index (χ0) is 13.8. The summed E-state index contributed by atoms with van der Waals surface area (Å²) >= 11 is 3.32. The molecule has 0 fully saturated rings. The molecule has 0 atom stereocenters. The smallest absolute Gasteiger partial charge is 0.162 e. The van der Waals surface area contributed by atoms with Crippen molar-refractivity contribution in [1.29, 1.82) is 0 Å². The van der Waals surface area contributed by atoms with Gasteiger partial charge in [-0.15, -0.1) is 0 Å². The number of halogens is 1. The van der Waals surface area contributed by atoms with Gasteiger partial charge in [0.25, 0.3) is 0 Å². The molecule has 1 aromatic heterocycles. The molecular formula is C13H14BrN3O2. The standard InChI is InChI=1S/C13H14BrN3O2/c1-18-11-4-3-9(6-12(11)19-2)17-13-10(15)5-8(14)7-16-13/h3-7H,15H2,1-2H3,(H,16,17). The first-order valence-corrected chi connectivity index (χ1v) is 6.33. The van der Waals surface area contributed by atoms with E-state index >= 15 is 0 Å². The van der Waals surface area contributed by atoms with Gasteiger partial charge in [0.05, 0.1) is 19.9 Å². The summed E-state index contributed by atoms with van der Waals surface area (Å²) in [6, 6.07) is 7.29. The second kappa shape index (κ2) is 5.79. The van der Waals surface area contributed by atoms with E-state index in [1.54, 1.807) is 26.5 Å². The van der Waals surface area contributed by atoms with E-state index in [1.165, 1.54) is 0 Å². The molecule has 0 bridgehead atoms. The van der Waals surface area contributed by atoms with Crippen LogP contribution in [0.25, 0.3) is 0 Å². The van der Waals surface area contributed by atoms with Gasteiger partial charge in [-0.25, -0.2) is 4.98 Å². The van der Waals surface area contributed by atoms with E-state index in [9.17, 15) is 0 Å². The van der Waals surface area contributed by atoms with E-state index in [4.69, 9.17) is 15.2 Å². The van der Waals surface area contributed by atoms with E-state index in [0.717, 1.165) is 10.2 Å². The van der Waals surface area contributed by atoms with Crippen LogP contribution < -0.4 is 20.5 Å². The van der Waals surface area contributed by atoms with Crippen LogP contribution in [0.5, 0.6) is 11.5 Å². The number of nitrogen functional groups attached to an aromatic ring is 1. The van der Waals surface area contributed by atoms with Gasteiger partial charge in [-0.3, -0.25) is 0 Å². The summed E-state index contributed by atoms with van der Waals surface area (Å²) in [5, 5.41) is 3.13. The minimum atomic E-state index is 0.559. The number of methoxy groups -OCH3 is 2. The van der Waals surface area contributed by atoms with E-state index < -0.39 is 0 Å². The van der Waals surface area contributed by atoms with Crippen molar-refractivity contribution in [3.63, 3.8) is 0 Å². The maximum atomic E-state index is 5.88. The molecule has 0 amide bonds. The Morgan fingerprint density at radius 2 is 1.89 bits per heavy atom. The molecule has 0 aliphatic carbocycles. The minimum Gasteiger partial charge on any atom is -0.493 e. The summed E-state index contributed by atoms with van der Waals surface area (Å²) in [6.45, 7) is 0. The van der Waals surface area contributed by atoms with Crippen LogP contribution in [0, 0.1) is 0 Å². The predicted molar refractivity (Wildman–Crippen MR) is 79.2 cm³/mol. The molecule has 2 aromatic rings. The van der Waals surface area contributed by atoms with Gasteiger partial charge in [0.1, 0.15) is 0 Å². The molecule has 0 spiro atoms. The number of nitrogens with one attached hydrogen (secondary N) is 1. The highest BCUT2D eigenvalue weighted by Gasteiger charge is 2.07. The largest absolute Gasteiger partial charge is 0.493 e. The topological polar surface area (TPSA) is 69.4 Å². The Kier molecular flexibility index (Phi) is 4.11. The van der Waals surface area contributed by atoms with Crippen LogP contribution in [0.15, 0.2) is 34.9 Å². The molecule has 2 rings (SSSR count). The molecule has 0 aliphatic rings. The Morgan fingerprint density at radius 3 is 2.53 bits per heavy atom. The third-order valence-corrected chi connectivity index (χ3v) is 2.96. The molecule has 100 valence electrons. The van der Waals surface area contributed by atoms with Crippen LogP contribution in [-0.4, -0.2) is 19.2 Å². The Balaban J connectivity index is 2.28. The lowest BCUT2D eigenvalue weighted by Gasteiger charge is -2.12. The predicted octanol–water partition coefficient (Wildman–Crippen LogP) is 3.19. The second-order valence-electron chi connectivity index (χ2n) is 3.79. The molecule has 0 unspecified atom stereocenters. The van der Waals surface area contributed by atoms with E-state index in [0.29, 0.717) is 23.0 Å². The van der Waals surface area contributed by atoms with Gasteiger partial charge in [0, 0.05) is 22.4 Å². The second-order valence-corrected chi connectivity index (χ2v) is 4.70. The number of rotatable bonds is 4. The third-order valence-electron chi connectivity index (χ3n) is 2.53. The van der Waals surface area contributed by atoms with Gasteiger partial charge in [-0.2, -0.15) is 0 Å². The summed E-state index contributed by atoms with van der Waals surface area (Å²) < 4.78 is 11.3. The molecule has 0 radical (unpaired) electrons. The minimum absolute atomic E-state index is 0.559. The highest BCUT2D eigenvalue weighted by atomic mass is 79.9. The fraction of sp³-hybridized carbons (Fsp3) is 0.154. The number of nitrogens with two attached hydrogens (primary N) is 1. The van der Waals surface area contributed by atoms with Crippen LogP contribution in [0.3, 0.4) is 0 Å². The molecular weight excluding hydrogens is 310 g/mol. The quantitative estimate of drug-likeness (QED) is 0.904. The van der Waals surface area contributed by atoms with Gasteiger partial charge < -0.3 is 20.5 Å². The third kappa shape index (κ3) is 3.08. The molecule has 0 saturated heterocycles. The lowest BCUT2D eigenvalue weighted by Crippen LogP contribution is -1.99. The molecule has 5 nitrogen and oxygen atoms in total. The number of ether oxygens (including phenoxy) is 2. The molecule has 3 N–H and O–H groups in total. The highest BCUT2D eigenvalue weighted by Crippen LogP contribution is 2.32. The Labute approximate surface area is 119 Å². The van der Waals surface area contributed by atoms with Crippen molar-refractivity contribution in [2.75, 3.05) is 25.3 Å². The van der Waals surface area contributed by atoms with Gasteiger partial charge in [0.15, 0.2) is 17.3 Å². The number of pyridine rings is 1. The number of hydrogen-bond donors (Lipinski definition) is 2. The van der Waals surface area contributed by atoms with Crippen molar-refractivity contribution in [2.24, 2.45) is 0 Å². The van der Waals surface area contributed by atoms with Crippen LogP contribution in [0.2, 0.25) is 0 Å². The first-order valence-electron chi connectivity index (χ1n) is 5.54. The Hall–Kier alpha value is -1.95. The molecule has 0 aliphatic heterocycles. The Bertz CT molecular complexity index is 590. The van der Waals surface area contributed by atoms with Crippen LogP contribution in [0.1, 0.15) is 0 Å². The number of anilines is 3. The van der Waals surface area contributed by atoms with Crippen molar-refractivity contribution in [3.05, 3.63) is 34.9 Å². The van der Waals surface area contributed by atoms with Crippen LogP contribution >= 0.6 is 15.9 Å². The lowest BCUT2D eigenvalue weighted by atomic mass is 10.2. The SMILES string of the molecule is COc1ccc(Nc2ncc(Br)cc2N)cc1OC. The number of hydrogen-bond acceptors (Lipinski definition) is 5. The normalized spacial score (nSPS) is 10.1. The van der Waals surface area contributed by atoms with E-state index in [-0.39, 0.29) is 0 Å². The average molecular weight is 324 g/mol. The van der Waals surface area contributed by atoms with Crippen molar-refractivity contribution in [3.8, 4) is 11.5 Å². The average Bonchev–Trinajstić information content (AvgIpc) is 2.41. The molecule has 6 heteroatoms. The number of benzene rings is 1. The maximum Gasteiger partial charge on any atom is 0.162 e. The number of nitrogens with zero attached hydrogens (tertiary/aromatic N) is 1. The molecule has 19 heavy (non-hydrogen) atoms. The zero-order valence-electron chi connectivity index (χ0n) is 10.6. The van der Waals surface area contributed by atoms with Crippen molar-refractivity contribution >= 4 is 33.1 Å². The maximum absolute atomic E-state index is 5.88. The summed E-state index contributed by atoms with van der Waals surface area (Å²) in [5.74, 6) is 1.91. The van der Waals surface area contributed by atoms with Crippen LogP contribution in [-0.2, 0) is 0 Å². The van der Waals surface area contributed by atoms with Gasteiger partial charge >= 0.3 is 0 Å². The van der Waals surface area contributed by atoms with E-state index in [1.807, 2.05) is 18.2 Å². The molecule has 1 heterocycles. The van der Waals surface area contributed by atoms with Gasteiger partial charge in [-0.1, -0.05) is 0 Å².